The van der Waals surface area contributed by atoms with Crippen LogP contribution in [0.2, 0.25) is 5.02 Å². The number of alkyl halides is 1. The van der Waals surface area contributed by atoms with Gasteiger partial charge in [-0.1, -0.05) is 61.8 Å². The standard InChI is InChI=1S/C29H28Cl2N2O4S/c1-28(2,24-13-21(15-32)27(26(31)14-24)36-11-10-30)23-7-4-19(5-8-23)20-6-9-25-22(12-20)16-37-29(25)17-33(18-29)38(3,34)35/h4-9,12-14H,10-11,16-18H2,1-3H3. The van der Waals surface area contributed by atoms with E-state index in [1.807, 2.05) is 12.1 Å². The number of nitriles is 1. The summed E-state index contributed by atoms with van der Waals surface area (Å²) < 4.78 is 36.8. The normalized spacial score (nSPS) is 16.6. The molecule has 1 fully saturated rings. The fourth-order valence-electron chi connectivity index (χ4n) is 5.22. The molecule has 2 aliphatic heterocycles. The van der Waals surface area contributed by atoms with Crippen LogP contribution in [0.15, 0.2) is 54.6 Å². The van der Waals surface area contributed by atoms with Gasteiger partial charge in [-0.25, -0.2) is 8.42 Å². The van der Waals surface area contributed by atoms with E-state index in [0.717, 1.165) is 33.4 Å². The Hall–Kier alpha value is -2.60. The summed E-state index contributed by atoms with van der Waals surface area (Å²) in [6.45, 7) is 5.66. The Morgan fingerprint density at radius 1 is 1.08 bits per heavy atom. The second-order valence-electron chi connectivity index (χ2n) is 10.4. The maximum atomic E-state index is 11.8. The summed E-state index contributed by atoms with van der Waals surface area (Å²) in [7, 11) is -3.21. The van der Waals surface area contributed by atoms with E-state index < -0.39 is 21.0 Å². The highest BCUT2D eigenvalue weighted by molar-refractivity contribution is 7.88. The van der Waals surface area contributed by atoms with Crippen LogP contribution in [0.25, 0.3) is 11.1 Å². The largest absolute Gasteiger partial charge is 0.489 e. The lowest BCUT2D eigenvalue weighted by Gasteiger charge is -2.45. The van der Waals surface area contributed by atoms with Crippen LogP contribution in [0, 0.1) is 11.3 Å². The molecule has 1 spiro atoms. The van der Waals surface area contributed by atoms with Crippen LogP contribution in [-0.4, -0.2) is 44.6 Å². The maximum absolute atomic E-state index is 11.8. The minimum absolute atomic E-state index is 0.273. The Balaban J connectivity index is 1.38. The van der Waals surface area contributed by atoms with Gasteiger partial charge in [0.2, 0.25) is 10.0 Å². The van der Waals surface area contributed by atoms with Gasteiger partial charge in [0.25, 0.3) is 0 Å². The molecule has 198 valence electrons. The van der Waals surface area contributed by atoms with Gasteiger partial charge in [-0.2, -0.15) is 9.57 Å². The molecule has 0 aliphatic carbocycles. The van der Waals surface area contributed by atoms with Crippen molar-refractivity contribution in [2.75, 3.05) is 31.8 Å². The molecular weight excluding hydrogens is 543 g/mol. The summed E-state index contributed by atoms with van der Waals surface area (Å²) in [5.74, 6) is 0.666. The zero-order chi connectivity index (χ0) is 27.3. The van der Waals surface area contributed by atoms with Crippen LogP contribution in [0.3, 0.4) is 0 Å². The van der Waals surface area contributed by atoms with Crippen molar-refractivity contribution in [3.05, 3.63) is 87.4 Å². The maximum Gasteiger partial charge on any atom is 0.211 e. The van der Waals surface area contributed by atoms with Crippen molar-refractivity contribution in [2.45, 2.75) is 31.5 Å². The highest BCUT2D eigenvalue weighted by Gasteiger charge is 2.52. The van der Waals surface area contributed by atoms with Crippen LogP contribution < -0.4 is 4.74 Å². The second-order valence-corrected chi connectivity index (χ2v) is 13.1. The monoisotopic (exact) mass is 570 g/mol. The van der Waals surface area contributed by atoms with Crippen LogP contribution in [0.5, 0.6) is 5.75 Å². The Labute approximate surface area is 233 Å². The van der Waals surface area contributed by atoms with Crippen molar-refractivity contribution < 1.29 is 17.9 Å². The second kappa shape index (κ2) is 9.86. The van der Waals surface area contributed by atoms with Crippen molar-refractivity contribution >= 4 is 33.2 Å². The summed E-state index contributed by atoms with van der Waals surface area (Å²) in [4.78, 5) is 0. The lowest BCUT2D eigenvalue weighted by molar-refractivity contribution is -0.112. The molecule has 5 rings (SSSR count). The lowest BCUT2D eigenvalue weighted by Crippen LogP contribution is -2.60. The molecule has 6 nitrogen and oxygen atoms in total. The number of halogens is 2. The summed E-state index contributed by atoms with van der Waals surface area (Å²) in [6.07, 6.45) is 1.23. The number of fused-ring (bicyclic) bond motifs is 2. The Morgan fingerprint density at radius 3 is 2.39 bits per heavy atom. The molecule has 38 heavy (non-hydrogen) atoms. The number of benzene rings is 3. The number of nitrogens with zero attached hydrogens (tertiary/aromatic N) is 2. The molecule has 0 N–H and O–H groups in total. The van der Waals surface area contributed by atoms with E-state index in [-0.39, 0.29) is 6.61 Å². The highest BCUT2D eigenvalue weighted by Crippen LogP contribution is 2.45. The summed E-state index contributed by atoms with van der Waals surface area (Å²) >= 11 is 12.2. The van der Waals surface area contributed by atoms with Crippen molar-refractivity contribution in [3.8, 4) is 22.9 Å². The van der Waals surface area contributed by atoms with E-state index in [2.05, 4.69) is 62.4 Å². The van der Waals surface area contributed by atoms with Gasteiger partial charge in [-0.05, 0) is 51.6 Å². The number of hydrogen-bond acceptors (Lipinski definition) is 5. The third-order valence-corrected chi connectivity index (χ3v) is 9.21. The quantitative estimate of drug-likeness (QED) is 0.334. The van der Waals surface area contributed by atoms with E-state index in [0.29, 0.717) is 41.9 Å². The molecular formula is C29H28Cl2N2O4S. The Bertz CT molecular complexity index is 1540. The van der Waals surface area contributed by atoms with Gasteiger partial charge in [-0.15, -0.1) is 11.6 Å². The SMILES string of the molecule is CC(C)(c1ccc(-c2ccc3c(c2)COC32CN(S(C)(=O)=O)C2)cc1)c1cc(Cl)c(OCCCl)c(C#N)c1. The predicted octanol–water partition coefficient (Wildman–Crippen LogP) is 5.82. The fraction of sp³-hybridized carbons (Fsp3) is 0.345. The zero-order valence-corrected chi connectivity index (χ0v) is 23.8. The minimum Gasteiger partial charge on any atom is -0.489 e. The number of rotatable bonds is 7. The van der Waals surface area contributed by atoms with Gasteiger partial charge in [0, 0.05) is 18.5 Å². The van der Waals surface area contributed by atoms with Crippen LogP contribution in [-0.2, 0) is 32.4 Å². The van der Waals surface area contributed by atoms with Gasteiger partial charge in [0.15, 0.2) is 5.75 Å². The van der Waals surface area contributed by atoms with Gasteiger partial charge in [0.1, 0.15) is 18.3 Å². The summed E-state index contributed by atoms with van der Waals surface area (Å²) in [5.41, 5.74) is 5.74. The number of sulfonamides is 1. The van der Waals surface area contributed by atoms with E-state index in [1.54, 1.807) is 0 Å². The van der Waals surface area contributed by atoms with Crippen molar-refractivity contribution in [1.82, 2.24) is 4.31 Å². The Morgan fingerprint density at radius 2 is 1.76 bits per heavy atom. The van der Waals surface area contributed by atoms with Gasteiger partial charge >= 0.3 is 0 Å². The van der Waals surface area contributed by atoms with Crippen molar-refractivity contribution in [2.24, 2.45) is 0 Å². The number of hydrogen-bond donors (Lipinski definition) is 0. The minimum atomic E-state index is -3.21. The van der Waals surface area contributed by atoms with Crippen LogP contribution in [0.1, 0.15) is 41.7 Å². The first-order valence-corrected chi connectivity index (χ1v) is 15.0. The lowest BCUT2D eigenvalue weighted by atomic mass is 9.77. The molecule has 0 saturated carbocycles. The molecule has 0 amide bonds. The third kappa shape index (κ3) is 4.70. The van der Waals surface area contributed by atoms with Gasteiger partial charge in [-0.3, -0.25) is 0 Å². The first kappa shape index (κ1) is 27.0. The topological polar surface area (TPSA) is 79.6 Å². The molecule has 0 radical (unpaired) electrons. The zero-order valence-electron chi connectivity index (χ0n) is 21.4. The fourth-order valence-corrected chi connectivity index (χ4v) is 6.46. The van der Waals surface area contributed by atoms with Crippen molar-refractivity contribution in [3.63, 3.8) is 0 Å². The molecule has 0 aromatic heterocycles. The van der Waals surface area contributed by atoms with Gasteiger partial charge < -0.3 is 9.47 Å². The third-order valence-electron chi connectivity index (χ3n) is 7.58. The number of ether oxygens (including phenoxy) is 2. The van der Waals surface area contributed by atoms with E-state index >= 15 is 0 Å². The van der Waals surface area contributed by atoms with Gasteiger partial charge in [0.05, 0.1) is 29.3 Å². The molecule has 3 aromatic rings. The van der Waals surface area contributed by atoms with E-state index in [4.69, 9.17) is 32.7 Å². The van der Waals surface area contributed by atoms with E-state index in [9.17, 15) is 13.7 Å². The molecule has 2 aliphatic rings. The first-order valence-electron chi connectivity index (χ1n) is 12.2. The summed E-state index contributed by atoms with van der Waals surface area (Å²) in [5, 5.41) is 10.1. The molecule has 3 aromatic carbocycles. The summed E-state index contributed by atoms with van der Waals surface area (Å²) in [6, 6.07) is 20.5. The molecule has 9 heteroatoms. The van der Waals surface area contributed by atoms with Crippen LogP contribution in [0.4, 0.5) is 0 Å². The molecule has 0 bridgehead atoms. The highest BCUT2D eigenvalue weighted by atomic mass is 35.5. The molecule has 1 saturated heterocycles. The first-order chi connectivity index (χ1) is 18.0. The van der Waals surface area contributed by atoms with Crippen LogP contribution >= 0.6 is 23.2 Å². The van der Waals surface area contributed by atoms with Crippen molar-refractivity contribution in [1.29, 1.82) is 5.26 Å². The smallest absolute Gasteiger partial charge is 0.211 e. The Kier molecular flexibility index (Phi) is 7.00. The predicted molar refractivity (Wildman–Crippen MR) is 149 cm³/mol. The molecule has 0 atom stereocenters. The average Bonchev–Trinajstić information content (AvgIpc) is 3.25. The van der Waals surface area contributed by atoms with E-state index in [1.165, 1.54) is 10.6 Å². The molecule has 0 unspecified atom stereocenters. The average molecular weight is 572 g/mol. The molecule has 2 heterocycles.